The van der Waals surface area contributed by atoms with Gasteiger partial charge in [-0.2, -0.15) is 5.26 Å². The van der Waals surface area contributed by atoms with Gasteiger partial charge < -0.3 is 4.42 Å². The van der Waals surface area contributed by atoms with Gasteiger partial charge in [0.15, 0.2) is 5.78 Å². The summed E-state index contributed by atoms with van der Waals surface area (Å²) in [5, 5.41) is 9.17. The number of aryl methyl sites for hydroxylation is 2. The number of rotatable bonds is 4. The first-order valence-electron chi connectivity index (χ1n) is 6.40. The maximum absolute atomic E-state index is 12.3. The van der Waals surface area contributed by atoms with E-state index in [0.29, 0.717) is 0 Å². The lowest BCUT2D eigenvalue weighted by molar-refractivity contribution is 0.101. The minimum atomic E-state index is -3.90. The first kappa shape index (κ1) is 15.8. The number of anilines is 1. The first-order valence-corrected chi connectivity index (χ1v) is 7.88. The van der Waals surface area contributed by atoms with Crippen LogP contribution < -0.4 is 4.72 Å². The average molecular weight is 318 g/mol. The van der Waals surface area contributed by atoms with E-state index < -0.39 is 10.0 Å². The number of hydrogen-bond donors (Lipinski definition) is 1. The number of carbonyl (C=O) groups is 1. The number of Topliss-reactive ketones (excluding diaryl/α,β-unsaturated/α-hetero) is 1. The number of ketones is 1. The molecule has 1 N–H and O–H groups in total. The van der Waals surface area contributed by atoms with E-state index in [1.54, 1.807) is 12.1 Å². The molecule has 0 unspecified atom stereocenters. The lowest BCUT2D eigenvalue weighted by Crippen LogP contribution is -2.13. The maximum Gasteiger partial charge on any atom is 0.264 e. The topological polar surface area (TPSA) is 100 Å². The molecule has 2 aromatic rings. The molecule has 0 spiro atoms. The van der Waals surface area contributed by atoms with Gasteiger partial charge in [-0.3, -0.25) is 4.79 Å². The Morgan fingerprint density at radius 1 is 1.23 bits per heavy atom. The number of nitrogens with zero attached hydrogens (tertiary/aromatic N) is 1. The molecule has 6 nitrogen and oxygen atoms in total. The van der Waals surface area contributed by atoms with Crippen LogP contribution in [0.4, 0.5) is 5.88 Å². The molecule has 0 amide bonds. The van der Waals surface area contributed by atoms with Crippen LogP contribution in [0.15, 0.2) is 33.6 Å². The minimum absolute atomic E-state index is 0.0421. The Kier molecular flexibility index (Phi) is 4.06. The van der Waals surface area contributed by atoms with Gasteiger partial charge in [0.1, 0.15) is 17.4 Å². The van der Waals surface area contributed by atoms with Crippen molar-refractivity contribution in [3.8, 4) is 6.07 Å². The summed E-state index contributed by atoms with van der Waals surface area (Å²) >= 11 is 0. The van der Waals surface area contributed by atoms with E-state index in [2.05, 4.69) is 4.72 Å². The second-order valence-electron chi connectivity index (χ2n) is 4.82. The third-order valence-electron chi connectivity index (χ3n) is 3.11. The predicted octanol–water partition coefficient (Wildman–Crippen LogP) is 2.77. The summed E-state index contributed by atoms with van der Waals surface area (Å²) in [5.41, 5.74) is 0.897. The van der Waals surface area contributed by atoms with Gasteiger partial charge in [0.25, 0.3) is 10.0 Å². The van der Waals surface area contributed by atoms with E-state index >= 15 is 0 Å². The van der Waals surface area contributed by atoms with Crippen LogP contribution >= 0.6 is 0 Å². The number of furan rings is 1. The average Bonchev–Trinajstić information content (AvgIpc) is 2.74. The molecular formula is C15H14N2O4S. The monoisotopic (exact) mass is 318 g/mol. The molecule has 7 heteroatoms. The zero-order chi connectivity index (χ0) is 16.5. The van der Waals surface area contributed by atoms with Gasteiger partial charge in [0.2, 0.25) is 5.88 Å². The summed E-state index contributed by atoms with van der Waals surface area (Å²) in [5.74, 6) is -0.407. The molecule has 0 saturated carbocycles. The second-order valence-corrected chi connectivity index (χ2v) is 6.51. The molecule has 0 saturated heterocycles. The van der Waals surface area contributed by atoms with Crippen molar-refractivity contribution in [2.45, 2.75) is 25.7 Å². The molecule has 1 aromatic carbocycles. The first-order chi connectivity index (χ1) is 10.3. The van der Waals surface area contributed by atoms with E-state index in [1.807, 2.05) is 13.0 Å². The van der Waals surface area contributed by atoms with E-state index in [9.17, 15) is 13.2 Å². The van der Waals surface area contributed by atoms with Gasteiger partial charge >= 0.3 is 0 Å². The fourth-order valence-corrected chi connectivity index (χ4v) is 3.05. The van der Waals surface area contributed by atoms with Gasteiger partial charge in [0, 0.05) is 0 Å². The molecule has 1 aromatic heterocycles. The summed E-state index contributed by atoms with van der Waals surface area (Å²) in [4.78, 5) is 11.6. The van der Waals surface area contributed by atoms with Crippen molar-refractivity contribution in [2.24, 2.45) is 0 Å². The third-order valence-corrected chi connectivity index (χ3v) is 4.45. The Balaban J connectivity index is 2.47. The van der Waals surface area contributed by atoms with Crippen LogP contribution in [0, 0.1) is 25.2 Å². The van der Waals surface area contributed by atoms with Crippen LogP contribution in [-0.2, 0) is 10.0 Å². The molecular weight excluding hydrogens is 304 g/mol. The highest BCUT2D eigenvalue weighted by molar-refractivity contribution is 7.92. The maximum atomic E-state index is 12.3. The molecule has 0 atom stereocenters. The fourth-order valence-electron chi connectivity index (χ4n) is 2.05. The SMILES string of the molecule is CC(=O)c1c(C)oc(NS(=O)(=O)c2ccc(C)cc2)c1C#N. The van der Waals surface area contributed by atoms with Crippen molar-refractivity contribution in [2.75, 3.05) is 4.72 Å². The molecule has 0 aliphatic carbocycles. The number of hydrogen-bond acceptors (Lipinski definition) is 5. The minimum Gasteiger partial charge on any atom is -0.443 e. The summed E-state index contributed by atoms with van der Waals surface area (Å²) in [7, 11) is -3.90. The lowest BCUT2D eigenvalue weighted by atomic mass is 10.1. The molecule has 0 aliphatic rings. The highest BCUT2D eigenvalue weighted by atomic mass is 32.2. The van der Waals surface area contributed by atoms with E-state index in [1.165, 1.54) is 26.0 Å². The van der Waals surface area contributed by atoms with Crippen molar-refractivity contribution >= 4 is 21.7 Å². The van der Waals surface area contributed by atoms with Crippen molar-refractivity contribution in [3.63, 3.8) is 0 Å². The van der Waals surface area contributed by atoms with Gasteiger partial charge in [0.05, 0.1) is 10.5 Å². The van der Waals surface area contributed by atoms with E-state index in [-0.39, 0.29) is 33.5 Å². The number of nitriles is 1. The van der Waals surface area contributed by atoms with Crippen LogP contribution in [0.1, 0.15) is 34.2 Å². The predicted molar refractivity (Wildman–Crippen MR) is 80.2 cm³/mol. The molecule has 2 rings (SSSR count). The van der Waals surface area contributed by atoms with Crippen LogP contribution in [-0.4, -0.2) is 14.2 Å². The Labute approximate surface area is 128 Å². The van der Waals surface area contributed by atoms with Crippen molar-refractivity contribution in [3.05, 3.63) is 46.7 Å². The highest BCUT2D eigenvalue weighted by Crippen LogP contribution is 2.28. The van der Waals surface area contributed by atoms with Gasteiger partial charge in [-0.1, -0.05) is 17.7 Å². The lowest BCUT2D eigenvalue weighted by Gasteiger charge is -2.06. The Morgan fingerprint density at radius 2 is 1.82 bits per heavy atom. The zero-order valence-electron chi connectivity index (χ0n) is 12.3. The van der Waals surface area contributed by atoms with Gasteiger partial charge in [-0.25, -0.2) is 13.1 Å². The summed E-state index contributed by atoms with van der Waals surface area (Å²) in [6.07, 6.45) is 0. The Hall–Kier alpha value is -2.59. The molecule has 0 bridgehead atoms. The summed E-state index contributed by atoms with van der Waals surface area (Å²) in [6, 6.07) is 8.03. The molecule has 0 radical (unpaired) electrons. The van der Waals surface area contributed by atoms with Crippen molar-refractivity contribution in [1.29, 1.82) is 5.26 Å². The quantitative estimate of drug-likeness (QED) is 0.874. The smallest absolute Gasteiger partial charge is 0.264 e. The number of sulfonamides is 1. The number of nitrogens with one attached hydrogen (secondary N) is 1. The number of carbonyl (C=O) groups excluding carboxylic acids is 1. The Bertz CT molecular complexity index is 872. The Morgan fingerprint density at radius 3 is 2.32 bits per heavy atom. The number of benzene rings is 1. The summed E-state index contributed by atoms with van der Waals surface area (Å²) < 4.78 is 32.1. The van der Waals surface area contributed by atoms with E-state index in [0.717, 1.165) is 5.56 Å². The molecule has 1 heterocycles. The normalized spacial score (nSPS) is 11.0. The molecule has 22 heavy (non-hydrogen) atoms. The van der Waals surface area contributed by atoms with Crippen LogP contribution in [0.25, 0.3) is 0 Å². The standard InChI is InChI=1S/C15H14N2O4S/c1-9-4-6-12(7-5-9)22(19,20)17-15-13(8-16)14(10(2)18)11(3)21-15/h4-7,17H,1-3H3. The van der Waals surface area contributed by atoms with Crippen LogP contribution in [0.3, 0.4) is 0 Å². The second kappa shape index (κ2) is 5.66. The largest absolute Gasteiger partial charge is 0.443 e. The fraction of sp³-hybridized carbons (Fsp3) is 0.200. The molecule has 0 aliphatic heterocycles. The van der Waals surface area contributed by atoms with Crippen LogP contribution in [0.5, 0.6) is 0 Å². The van der Waals surface area contributed by atoms with Crippen molar-refractivity contribution in [1.82, 2.24) is 0 Å². The highest BCUT2D eigenvalue weighted by Gasteiger charge is 2.25. The molecule has 0 fully saturated rings. The third kappa shape index (κ3) is 2.87. The molecule has 114 valence electrons. The van der Waals surface area contributed by atoms with E-state index in [4.69, 9.17) is 9.68 Å². The van der Waals surface area contributed by atoms with Gasteiger partial charge in [-0.15, -0.1) is 0 Å². The van der Waals surface area contributed by atoms with Crippen molar-refractivity contribution < 1.29 is 17.6 Å². The summed E-state index contributed by atoms with van der Waals surface area (Å²) in [6.45, 7) is 4.63. The van der Waals surface area contributed by atoms with Gasteiger partial charge in [-0.05, 0) is 32.9 Å². The zero-order valence-corrected chi connectivity index (χ0v) is 13.1. The van der Waals surface area contributed by atoms with Crippen LogP contribution in [0.2, 0.25) is 0 Å².